The first-order valence-electron chi connectivity index (χ1n) is 6.40. The zero-order valence-electron chi connectivity index (χ0n) is 11.0. The van der Waals surface area contributed by atoms with E-state index in [2.05, 4.69) is 5.32 Å². The summed E-state index contributed by atoms with van der Waals surface area (Å²) in [5, 5.41) is 3.02. The van der Waals surface area contributed by atoms with Gasteiger partial charge in [-0.15, -0.1) is 0 Å². The number of carbonyl (C=O) groups excluding carboxylic acids is 1. The Morgan fingerprint density at radius 1 is 1.28 bits per heavy atom. The van der Waals surface area contributed by atoms with E-state index < -0.39 is 0 Å². The number of nitrogens with one attached hydrogen (secondary N) is 1. The van der Waals surface area contributed by atoms with Gasteiger partial charge in [-0.1, -0.05) is 12.1 Å². The number of rotatable bonds is 3. The van der Waals surface area contributed by atoms with E-state index in [1.165, 1.54) is 0 Å². The number of hydrogen-bond acceptors (Lipinski definition) is 2. The van der Waals surface area contributed by atoms with Crippen molar-refractivity contribution in [1.29, 1.82) is 0 Å². The molecule has 1 saturated heterocycles. The van der Waals surface area contributed by atoms with Crippen LogP contribution in [0, 0.1) is 0 Å². The number of carbonyl (C=O) groups is 1. The van der Waals surface area contributed by atoms with Gasteiger partial charge < -0.3 is 15.0 Å². The predicted octanol–water partition coefficient (Wildman–Crippen LogP) is 2.56. The fraction of sp³-hybridized carbons (Fsp3) is 0.500. The van der Waals surface area contributed by atoms with Crippen LogP contribution in [0.5, 0.6) is 5.75 Å². The summed E-state index contributed by atoms with van der Waals surface area (Å²) < 4.78 is 5.12. The largest absolute Gasteiger partial charge is 0.497 e. The highest BCUT2D eigenvalue weighted by Gasteiger charge is 2.19. The molecule has 1 N–H and O–H groups in total. The van der Waals surface area contributed by atoms with Gasteiger partial charge in [-0.25, -0.2) is 4.79 Å². The van der Waals surface area contributed by atoms with Gasteiger partial charge in [0, 0.05) is 13.1 Å². The molecule has 1 aromatic carbocycles. The van der Waals surface area contributed by atoms with Gasteiger partial charge in [0.25, 0.3) is 0 Å². The van der Waals surface area contributed by atoms with Crippen LogP contribution in [0.3, 0.4) is 0 Å². The molecular formula is C14H20N2O2. The second kappa shape index (κ2) is 5.76. The second-order valence-electron chi connectivity index (χ2n) is 4.64. The first-order valence-corrected chi connectivity index (χ1v) is 6.40. The highest BCUT2D eigenvalue weighted by atomic mass is 16.5. The normalized spacial score (nSPS) is 16.4. The smallest absolute Gasteiger partial charge is 0.317 e. The van der Waals surface area contributed by atoms with Crippen LogP contribution in [0.25, 0.3) is 0 Å². The predicted molar refractivity (Wildman–Crippen MR) is 70.7 cm³/mol. The number of benzene rings is 1. The summed E-state index contributed by atoms with van der Waals surface area (Å²) in [6.45, 7) is 3.75. The lowest BCUT2D eigenvalue weighted by Crippen LogP contribution is -2.39. The number of hydrogen-bond donors (Lipinski definition) is 1. The molecule has 1 aliphatic rings. The lowest BCUT2D eigenvalue weighted by molar-refractivity contribution is 0.205. The molecule has 0 aliphatic carbocycles. The molecule has 1 atom stereocenters. The number of amides is 2. The number of ether oxygens (including phenoxy) is 1. The Balaban J connectivity index is 1.93. The topological polar surface area (TPSA) is 41.6 Å². The molecule has 0 aromatic heterocycles. The molecule has 1 unspecified atom stereocenters. The van der Waals surface area contributed by atoms with Crippen LogP contribution in [0.4, 0.5) is 4.79 Å². The zero-order valence-corrected chi connectivity index (χ0v) is 11.0. The molecule has 2 amide bonds. The average Bonchev–Trinajstić information content (AvgIpc) is 2.92. The number of urea groups is 1. The molecule has 0 saturated carbocycles. The van der Waals surface area contributed by atoms with Crippen molar-refractivity contribution in [3.8, 4) is 5.75 Å². The fourth-order valence-corrected chi connectivity index (χ4v) is 2.17. The summed E-state index contributed by atoms with van der Waals surface area (Å²) in [7, 11) is 1.65. The van der Waals surface area contributed by atoms with Crippen molar-refractivity contribution in [2.75, 3.05) is 20.2 Å². The van der Waals surface area contributed by atoms with Gasteiger partial charge in [-0.2, -0.15) is 0 Å². The van der Waals surface area contributed by atoms with Crippen molar-refractivity contribution < 1.29 is 9.53 Å². The first kappa shape index (κ1) is 12.7. The Morgan fingerprint density at radius 2 is 1.89 bits per heavy atom. The van der Waals surface area contributed by atoms with Crippen LogP contribution in [0.1, 0.15) is 31.4 Å². The van der Waals surface area contributed by atoms with Gasteiger partial charge in [0.1, 0.15) is 5.75 Å². The van der Waals surface area contributed by atoms with Crippen LogP contribution >= 0.6 is 0 Å². The molecule has 1 aliphatic heterocycles. The third-order valence-electron chi connectivity index (χ3n) is 3.35. The molecule has 18 heavy (non-hydrogen) atoms. The Morgan fingerprint density at radius 3 is 2.44 bits per heavy atom. The number of methoxy groups -OCH3 is 1. The number of likely N-dealkylation sites (tertiary alicyclic amines) is 1. The standard InChI is InChI=1S/C14H20N2O2/c1-11(12-5-7-13(18-2)8-6-12)15-14(17)16-9-3-4-10-16/h5-8,11H,3-4,9-10H2,1-2H3,(H,15,17). The molecule has 4 heteroatoms. The SMILES string of the molecule is COc1ccc(C(C)NC(=O)N2CCCC2)cc1. The van der Waals surface area contributed by atoms with Gasteiger partial charge in [0.2, 0.25) is 0 Å². The van der Waals surface area contributed by atoms with Crippen LogP contribution in [0.2, 0.25) is 0 Å². The maximum absolute atomic E-state index is 11.9. The molecule has 2 rings (SSSR count). The van der Waals surface area contributed by atoms with Crippen molar-refractivity contribution in [3.63, 3.8) is 0 Å². The third-order valence-corrected chi connectivity index (χ3v) is 3.35. The molecule has 1 fully saturated rings. The molecule has 98 valence electrons. The number of nitrogens with zero attached hydrogens (tertiary/aromatic N) is 1. The minimum atomic E-state index is 0.0176. The summed E-state index contributed by atoms with van der Waals surface area (Å²) in [6, 6.07) is 7.84. The summed E-state index contributed by atoms with van der Waals surface area (Å²) in [5.74, 6) is 0.830. The lowest BCUT2D eigenvalue weighted by atomic mass is 10.1. The Labute approximate surface area is 108 Å². The van der Waals surface area contributed by atoms with E-state index >= 15 is 0 Å². The van der Waals surface area contributed by atoms with Crippen molar-refractivity contribution >= 4 is 6.03 Å². The Hall–Kier alpha value is -1.71. The van der Waals surface area contributed by atoms with Crippen LogP contribution < -0.4 is 10.1 Å². The van der Waals surface area contributed by atoms with Crippen molar-refractivity contribution in [2.24, 2.45) is 0 Å². The van der Waals surface area contributed by atoms with Crippen molar-refractivity contribution in [3.05, 3.63) is 29.8 Å². The zero-order chi connectivity index (χ0) is 13.0. The van der Waals surface area contributed by atoms with Crippen LogP contribution in [-0.4, -0.2) is 31.1 Å². The average molecular weight is 248 g/mol. The fourth-order valence-electron chi connectivity index (χ4n) is 2.17. The van der Waals surface area contributed by atoms with E-state index in [4.69, 9.17) is 4.74 Å². The summed E-state index contributed by atoms with van der Waals surface area (Å²) >= 11 is 0. The summed E-state index contributed by atoms with van der Waals surface area (Å²) in [6.07, 6.45) is 2.23. The van der Waals surface area contributed by atoms with Crippen LogP contribution in [0.15, 0.2) is 24.3 Å². The van der Waals surface area contributed by atoms with Gasteiger partial charge in [0.15, 0.2) is 0 Å². The molecule has 1 aromatic rings. The van der Waals surface area contributed by atoms with E-state index in [0.717, 1.165) is 37.2 Å². The van der Waals surface area contributed by atoms with Crippen molar-refractivity contribution in [1.82, 2.24) is 10.2 Å². The second-order valence-corrected chi connectivity index (χ2v) is 4.64. The molecule has 0 bridgehead atoms. The summed E-state index contributed by atoms with van der Waals surface area (Å²) in [5.41, 5.74) is 1.09. The van der Waals surface area contributed by atoms with E-state index in [-0.39, 0.29) is 12.1 Å². The van der Waals surface area contributed by atoms with Gasteiger partial charge in [0.05, 0.1) is 13.2 Å². The van der Waals surface area contributed by atoms with E-state index in [9.17, 15) is 4.79 Å². The highest BCUT2D eigenvalue weighted by molar-refractivity contribution is 5.74. The van der Waals surface area contributed by atoms with Crippen LogP contribution in [-0.2, 0) is 0 Å². The van der Waals surface area contributed by atoms with Crippen molar-refractivity contribution in [2.45, 2.75) is 25.8 Å². The maximum Gasteiger partial charge on any atom is 0.317 e. The van der Waals surface area contributed by atoms with E-state index in [1.807, 2.05) is 36.1 Å². The molecule has 0 radical (unpaired) electrons. The quantitative estimate of drug-likeness (QED) is 0.893. The highest BCUT2D eigenvalue weighted by Crippen LogP contribution is 2.18. The molecule has 4 nitrogen and oxygen atoms in total. The third kappa shape index (κ3) is 2.94. The maximum atomic E-state index is 11.9. The summed E-state index contributed by atoms with van der Waals surface area (Å²) in [4.78, 5) is 13.8. The first-order chi connectivity index (χ1) is 8.70. The molecular weight excluding hydrogens is 228 g/mol. The molecule has 0 spiro atoms. The van der Waals surface area contributed by atoms with Gasteiger partial charge >= 0.3 is 6.03 Å². The monoisotopic (exact) mass is 248 g/mol. The molecule has 1 heterocycles. The Kier molecular flexibility index (Phi) is 4.07. The van der Waals surface area contributed by atoms with Gasteiger partial charge in [-0.3, -0.25) is 0 Å². The van der Waals surface area contributed by atoms with Gasteiger partial charge in [-0.05, 0) is 37.5 Å². The minimum absolute atomic E-state index is 0.0176. The lowest BCUT2D eigenvalue weighted by Gasteiger charge is -2.20. The Bertz CT molecular complexity index is 397. The minimum Gasteiger partial charge on any atom is -0.497 e. The van der Waals surface area contributed by atoms with E-state index in [1.54, 1.807) is 7.11 Å². The van der Waals surface area contributed by atoms with E-state index in [0.29, 0.717) is 0 Å².